The molecule has 5 nitrogen and oxygen atoms in total. The number of hydrogen-bond donors (Lipinski definition) is 2. The van der Waals surface area contributed by atoms with Gasteiger partial charge in [-0.3, -0.25) is 4.90 Å². The third kappa shape index (κ3) is 8.49. The first-order chi connectivity index (χ1) is 13.2. The van der Waals surface area contributed by atoms with Crippen LogP contribution < -0.4 is 0 Å². The number of likely N-dealkylation sites (N-methyl/N-ethyl adjacent to an activating group) is 1. The average Bonchev–Trinajstić information content (AvgIpc) is 2.62. The first-order valence-corrected chi connectivity index (χ1v) is 9.88. The van der Waals surface area contributed by atoms with Crippen LogP contribution >= 0.6 is 12.4 Å². The zero-order valence-electron chi connectivity index (χ0n) is 18.2. The predicted molar refractivity (Wildman–Crippen MR) is 116 cm³/mol. The fourth-order valence-electron chi connectivity index (χ4n) is 3.37. The van der Waals surface area contributed by atoms with Gasteiger partial charge in [0.15, 0.2) is 0 Å². The van der Waals surface area contributed by atoms with Gasteiger partial charge in [0.05, 0.1) is 0 Å². The maximum absolute atomic E-state index is 10.5. The molecule has 2 aromatic carbocycles. The molecule has 0 aliphatic rings. The van der Waals surface area contributed by atoms with E-state index in [1.807, 2.05) is 38.1 Å². The maximum atomic E-state index is 10.5. The predicted octanol–water partition coefficient (Wildman–Crippen LogP) is 4.20. The Hall–Kier alpha value is -1.37. The molecular formula is C22H33ClN2O3V+2. The van der Waals surface area contributed by atoms with E-state index in [0.717, 1.165) is 63.8 Å². The van der Waals surface area contributed by atoms with E-state index in [4.69, 9.17) is 3.67 Å². The van der Waals surface area contributed by atoms with Crippen LogP contribution in [-0.2, 0) is 34.1 Å². The van der Waals surface area contributed by atoms with Crippen LogP contribution in [0.2, 0.25) is 0 Å². The standard InChI is InChI=1S/C22H32N2O2.ClH.O.V/c1-15-9-17(3)21(25)19(11-15)13-24(8-7-23(5)6)14-20-12-16(2)10-18(4)22(20)26;;;/h9-12,25-26H,7-8,13-14H2,1-6H3;1H;;/q;;;+2. The third-order valence-electron chi connectivity index (χ3n) is 4.70. The summed E-state index contributed by atoms with van der Waals surface area (Å²) in [5.74, 6) is 0.741. The van der Waals surface area contributed by atoms with E-state index in [9.17, 15) is 10.2 Å². The van der Waals surface area contributed by atoms with Crippen LogP contribution in [0.25, 0.3) is 0 Å². The molecule has 159 valence electrons. The molecule has 0 heterocycles. The fourth-order valence-corrected chi connectivity index (χ4v) is 3.37. The molecule has 2 N–H and O–H groups in total. The fraction of sp³-hybridized carbons (Fsp3) is 0.455. The van der Waals surface area contributed by atoms with Crippen molar-refractivity contribution in [2.45, 2.75) is 40.8 Å². The SMILES string of the molecule is Cc1cc(C)c(O)c(CN(CCN(C)C)Cc2cc(C)cc(C)c2O)c1.Cl.[O]=[V+2]. The molecular weight excluding hydrogens is 427 g/mol. The minimum absolute atomic E-state index is 0. The number of rotatable bonds is 7. The van der Waals surface area contributed by atoms with Gasteiger partial charge in [0.25, 0.3) is 0 Å². The van der Waals surface area contributed by atoms with Crippen LogP contribution in [0.5, 0.6) is 11.5 Å². The number of hydrogen-bond acceptors (Lipinski definition) is 5. The molecule has 0 fully saturated rings. The summed E-state index contributed by atoms with van der Waals surface area (Å²) >= 11 is 1.06. The van der Waals surface area contributed by atoms with Gasteiger partial charge in [0.1, 0.15) is 11.5 Å². The van der Waals surface area contributed by atoms with Crippen molar-refractivity contribution in [2.75, 3.05) is 27.2 Å². The summed E-state index contributed by atoms with van der Waals surface area (Å²) in [7, 11) is 4.11. The second-order valence-electron chi connectivity index (χ2n) is 7.69. The van der Waals surface area contributed by atoms with Crippen LogP contribution in [-0.4, -0.2) is 47.2 Å². The van der Waals surface area contributed by atoms with Gasteiger partial charge in [0, 0.05) is 37.3 Å². The first-order valence-electron chi connectivity index (χ1n) is 9.31. The zero-order valence-corrected chi connectivity index (χ0v) is 20.4. The van der Waals surface area contributed by atoms with E-state index in [2.05, 4.69) is 37.7 Å². The molecule has 0 amide bonds. The van der Waals surface area contributed by atoms with Crippen LogP contribution in [0.15, 0.2) is 24.3 Å². The van der Waals surface area contributed by atoms with Crippen LogP contribution in [0.3, 0.4) is 0 Å². The topological polar surface area (TPSA) is 64.0 Å². The third-order valence-corrected chi connectivity index (χ3v) is 4.70. The molecule has 0 radical (unpaired) electrons. The normalized spacial score (nSPS) is 10.6. The second kappa shape index (κ2) is 13.0. The van der Waals surface area contributed by atoms with Crippen LogP contribution in [0, 0.1) is 27.7 Å². The molecule has 0 aromatic heterocycles. The van der Waals surface area contributed by atoms with Crippen molar-refractivity contribution in [3.63, 3.8) is 0 Å². The number of benzene rings is 2. The van der Waals surface area contributed by atoms with E-state index in [1.54, 1.807) is 0 Å². The summed E-state index contributed by atoms with van der Waals surface area (Å²) in [6.07, 6.45) is 0. The number of aryl methyl sites for hydroxylation is 4. The molecule has 0 bridgehead atoms. The van der Waals surface area contributed by atoms with Gasteiger partial charge >= 0.3 is 21.0 Å². The number of nitrogens with zero attached hydrogens (tertiary/aromatic N) is 2. The molecule has 2 aromatic rings. The summed E-state index contributed by atoms with van der Waals surface area (Å²) in [4.78, 5) is 4.43. The van der Waals surface area contributed by atoms with Gasteiger partial charge in [-0.25, -0.2) is 0 Å². The molecule has 0 aliphatic heterocycles. The van der Waals surface area contributed by atoms with Crippen molar-refractivity contribution in [3.05, 3.63) is 57.6 Å². The average molecular weight is 460 g/mol. The number of phenols is 2. The van der Waals surface area contributed by atoms with Crippen molar-refractivity contribution in [2.24, 2.45) is 0 Å². The van der Waals surface area contributed by atoms with Crippen molar-refractivity contribution >= 4 is 12.4 Å². The van der Waals surface area contributed by atoms with E-state index < -0.39 is 0 Å². The Morgan fingerprint density at radius 1 is 0.759 bits per heavy atom. The number of phenolic OH excluding ortho intramolecular Hbond substituents is 2. The zero-order chi connectivity index (χ0) is 21.4. The first kappa shape index (κ1) is 27.6. The minimum atomic E-state index is 0. The van der Waals surface area contributed by atoms with Crippen molar-refractivity contribution in [3.8, 4) is 11.5 Å². The Kier molecular flexibility index (Phi) is 12.4. The van der Waals surface area contributed by atoms with E-state index in [-0.39, 0.29) is 12.4 Å². The molecule has 0 spiro atoms. The van der Waals surface area contributed by atoms with Gasteiger partial charge in [-0.05, 0) is 52.9 Å². The molecule has 0 unspecified atom stereocenters. The van der Waals surface area contributed by atoms with Gasteiger partial charge < -0.3 is 15.1 Å². The number of halogens is 1. The summed E-state index contributed by atoms with van der Waals surface area (Å²) in [6, 6.07) is 8.09. The van der Waals surface area contributed by atoms with Crippen LogP contribution in [0.1, 0.15) is 33.4 Å². The molecule has 0 aliphatic carbocycles. The summed E-state index contributed by atoms with van der Waals surface area (Å²) in [5.41, 5.74) is 5.98. The van der Waals surface area contributed by atoms with Crippen molar-refractivity contribution in [1.82, 2.24) is 9.80 Å². The molecule has 0 saturated heterocycles. The molecule has 29 heavy (non-hydrogen) atoms. The molecule has 0 atom stereocenters. The second-order valence-corrected chi connectivity index (χ2v) is 7.69. The Balaban J connectivity index is 0.00000253. The quantitative estimate of drug-likeness (QED) is 0.650. The van der Waals surface area contributed by atoms with Crippen LogP contribution in [0.4, 0.5) is 0 Å². The van der Waals surface area contributed by atoms with E-state index in [0.29, 0.717) is 24.6 Å². The van der Waals surface area contributed by atoms with Gasteiger partial charge in [0.2, 0.25) is 0 Å². The summed E-state index contributed by atoms with van der Waals surface area (Å²) in [6.45, 7) is 11.0. The monoisotopic (exact) mass is 459 g/mol. The van der Waals surface area contributed by atoms with Gasteiger partial charge in [-0.2, -0.15) is 0 Å². The summed E-state index contributed by atoms with van der Waals surface area (Å²) < 4.78 is 8.19. The molecule has 2 rings (SSSR count). The van der Waals surface area contributed by atoms with E-state index >= 15 is 0 Å². The Bertz CT molecular complexity index is 741. The van der Waals surface area contributed by atoms with Crippen molar-refractivity contribution in [1.29, 1.82) is 0 Å². The number of aromatic hydroxyl groups is 2. The molecule has 7 heteroatoms. The summed E-state index contributed by atoms with van der Waals surface area (Å²) in [5, 5.41) is 20.9. The van der Waals surface area contributed by atoms with Gasteiger partial charge in [-0.15, -0.1) is 12.4 Å². The van der Waals surface area contributed by atoms with Crippen molar-refractivity contribution < 1.29 is 31.3 Å². The molecule has 0 saturated carbocycles. The van der Waals surface area contributed by atoms with E-state index in [1.165, 1.54) is 0 Å². The Morgan fingerprint density at radius 2 is 1.14 bits per heavy atom. The van der Waals surface area contributed by atoms with Gasteiger partial charge in [-0.1, -0.05) is 35.4 Å². The Labute approximate surface area is 190 Å². The Morgan fingerprint density at radius 3 is 1.48 bits per heavy atom.